The number of hydrogen-bond donors (Lipinski definition) is 0. The van der Waals surface area contributed by atoms with Crippen LogP contribution in [0.5, 0.6) is 11.5 Å². The predicted molar refractivity (Wildman–Crippen MR) is 126 cm³/mol. The fourth-order valence-corrected chi connectivity index (χ4v) is 4.31. The molecule has 0 saturated heterocycles. The van der Waals surface area contributed by atoms with Crippen LogP contribution in [0.2, 0.25) is 5.02 Å². The number of hydrogen-bond acceptors (Lipinski definition) is 5. The lowest BCUT2D eigenvalue weighted by atomic mass is 10.1. The highest BCUT2D eigenvalue weighted by Gasteiger charge is 2.14. The van der Waals surface area contributed by atoms with Crippen LogP contribution in [0.1, 0.15) is 23.1 Å². The number of benzene rings is 3. The van der Waals surface area contributed by atoms with E-state index in [0.717, 1.165) is 21.3 Å². The van der Waals surface area contributed by atoms with Gasteiger partial charge in [-0.05, 0) is 48.4 Å². The van der Waals surface area contributed by atoms with E-state index in [4.69, 9.17) is 21.1 Å². The van der Waals surface area contributed by atoms with E-state index in [0.29, 0.717) is 40.3 Å². The van der Waals surface area contributed by atoms with Crippen LogP contribution in [0.25, 0.3) is 21.9 Å². The van der Waals surface area contributed by atoms with Gasteiger partial charge in [-0.2, -0.15) is 5.26 Å². The summed E-state index contributed by atoms with van der Waals surface area (Å²) in [5.41, 5.74) is 3.13. The molecule has 0 fully saturated rings. The summed E-state index contributed by atoms with van der Waals surface area (Å²) in [4.78, 5) is 4.58. The van der Waals surface area contributed by atoms with Gasteiger partial charge in [0.2, 0.25) is 0 Å². The summed E-state index contributed by atoms with van der Waals surface area (Å²) < 4.78 is 12.8. The van der Waals surface area contributed by atoms with Crippen LogP contribution in [0.3, 0.4) is 0 Å². The molecule has 0 bridgehead atoms. The van der Waals surface area contributed by atoms with Gasteiger partial charge in [0.15, 0.2) is 11.5 Å². The Morgan fingerprint density at radius 2 is 1.87 bits per heavy atom. The standard InChI is InChI=1S/C25H19ClN2O2S/c1-2-29-22-14-18(13-20(26)24(22)30-16-17-8-4-3-5-9-17)12-19(15-27)25-28-21-10-6-7-11-23(21)31-25/h3-14H,2,16H2,1H3/b19-12-. The summed E-state index contributed by atoms with van der Waals surface area (Å²) in [6.07, 6.45) is 1.77. The van der Waals surface area contributed by atoms with Gasteiger partial charge in [0.25, 0.3) is 0 Å². The first kappa shape index (κ1) is 20.9. The molecule has 6 heteroatoms. The predicted octanol–water partition coefficient (Wildman–Crippen LogP) is 6.99. The summed E-state index contributed by atoms with van der Waals surface area (Å²) >= 11 is 8.03. The lowest BCUT2D eigenvalue weighted by Gasteiger charge is -2.14. The van der Waals surface area contributed by atoms with E-state index in [2.05, 4.69) is 11.1 Å². The third-order valence-electron chi connectivity index (χ3n) is 4.51. The fourth-order valence-electron chi connectivity index (χ4n) is 3.10. The van der Waals surface area contributed by atoms with Crippen LogP contribution < -0.4 is 9.47 Å². The van der Waals surface area contributed by atoms with Crippen molar-refractivity contribution in [3.8, 4) is 17.6 Å². The van der Waals surface area contributed by atoms with Gasteiger partial charge in [0.1, 0.15) is 17.7 Å². The number of nitrogens with zero attached hydrogens (tertiary/aromatic N) is 2. The molecule has 3 aromatic carbocycles. The van der Waals surface area contributed by atoms with Crippen LogP contribution in [-0.4, -0.2) is 11.6 Å². The van der Waals surface area contributed by atoms with Crippen molar-refractivity contribution in [2.45, 2.75) is 13.5 Å². The number of thiazole rings is 1. The zero-order valence-corrected chi connectivity index (χ0v) is 18.4. The molecule has 0 aliphatic heterocycles. The first-order valence-corrected chi connectivity index (χ1v) is 11.0. The van der Waals surface area contributed by atoms with Crippen LogP contribution in [-0.2, 0) is 6.61 Å². The maximum absolute atomic E-state index is 9.73. The molecular formula is C25H19ClN2O2S. The summed E-state index contributed by atoms with van der Waals surface area (Å²) in [5.74, 6) is 1.03. The topological polar surface area (TPSA) is 55.1 Å². The van der Waals surface area contributed by atoms with Gasteiger partial charge in [-0.3, -0.25) is 0 Å². The van der Waals surface area contributed by atoms with E-state index in [1.807, 2.05) is 67.6 Å². The molecule has 0 N–H and O–H groups in total. The van der Waals surface area contributed by atoms with Gasteiger partial charge in [-0.1, -0.05) is 54.1 Å². The van der Waals surface area contributed by atoms with Crippen LogP contribution in [0.15, 0.2) is 66.7 Å². The van der Waals surface area contributed by atoms with E-state index in [1.54, 1.807) is 12.1 Å². The average Bonchev–Trinajstić information content (AvgIpc) is 3.22. The minimum atomic E-state index is 0.380. The van der Waals surface area contributed by atoms with Crippen molar-refractivity contribution in [3.63, 3.8) is 0 Å². The fraction of sp³-hybridized carbons (Fsp3) is 0.120. The molecule has 4 nitrogen and oxygen atoms in total. The number of rotatable bonds is 7. The number of allylic oxidation sites excluding steroid dienone is 1. The van der Waals surface area contributed by atoms with Gasteiger partial charge in [-0.15, -0.1) is 11.3 Å². The SMILES string of the molecule is CCOc1cc(/C=C(/C#N)c2nc3ccccc3s2)cc(Cl)c1OCc1ccccc1. The second-order valence-electron chi connectivity index (χ2n) is 6.69. The molecule has 0 aliphatic carbocycles. The number of nitriles is 1. The van der Waals surface area contributed by atoms with Gasteiger partial charge >= 0.3 is 0 Å². The Morgan fingerprint density at radius 1 is 1.10 bits per heavy atom. The quantitative estimate of drug-likeness (QED) is 0.287. The van der Waals surface area contributed by atoms with Crippen molar-refractivity contribution in [1.29, 1.82) is 5.26 Å². The molecule has 4 aromatic rings. The lowest BCUT2D eigenvalue weighted by molar-refractivity contribution is 0.269. The Hall–Kier alpha value is -3.33. The summed E-state index contributed by atoms with van der Waals surface area (Å²) in [6, 6.07) is 23.5. The number of halogens is 1. The maximum Gasteiger partial charge on any atom is 0.180 e. The van der Waals surface area contributed by atoms with E-state index in [9.17, 15) is 5.26 Å². The minimum Gasteiger partial charge on any atom is -0.490 e. The number of ether oxygens (including phenoxy) is 2. The number of aromatic nitrogens is 1. The van der Waals surface area contributed by atoms with Crippen molar-refractivity contribution in [2.24, 2.45) is 0 Å². The highest BCUT2D eigenvalue weighted by atomic mass is 35.5. The Balaban J connectivity index is 1.66. The van der Waals surface area contributed by atoms with Crippen molar-refractivity contribution in [2.75, 3.05) is 6.61 Å². The molecular weight excluding hydrogens is 428 g/mol. The average molecular weight is 447 g/mol. The lowest BCUT2D eigenvalue weighted by Crippen LogP contribution is -2.01. The Morgan fingerprint density at radius 3 is 2.61 bits per heavy atom. The van der Waals surface area contributed by atoms with E-state index >= 15 is 0 Å². The van der Waals surface area contributed by atoms with Gasteiger partial charge in [0.05, 0.1) is 27.4 Å². The molecule has 4 rings (SSSR count). The van der Waals surface area contributed by atoms with Gasteiger partial charge in [-0.25, -0.2) is 4.98 Å². The molecule has 0 amide bonds. The largest absolute Gasteiger partial charge is 0.490 e. The Bertz CT molecular complexity index is 1240. The molecule has 1 heterocycles. The van der Waals surface area contributed by atoms with Gasteiger partial charge in [0, 0.05) is 0 Å². The van der Waals surface area contributed by atoms with Crippen LogP contribution in [0.4, 0.5) is 0 Å². The first-order chi connectivity index (χ1) is 15.2. The van der Waals surface area contributed by atoms with Crippen LogP contribution in [0, 0.1) is 11.3 Å². The van der Waals surface area contributed by atoms with Crippen molar-refractivity contribution < 1.29 is 9.47 Å². The summed E-state index contributed by atoms with van der Waals surface area (Å²) in [6.45, 7) is 2.75. The van der Waals surface area contributed by atoms with Crippen molar-refractivity contribution in [1.82, 2.24) is 4.98 Å². The Labute approximate surface area is 190 Å². The minimum absolute atomic E-state index is 0.380. The third-order valence-corrected chi connectivity index (χ3v) is 5.86. The first-order valence-electron chi connectivity index (χ1n) is 9.78. The number of para-hydroxylation sites is 1. The molecule has 1 aromatic heterocycles. The molecule has 31 heavy (non-hydrogen) atoms. The smallest absolute Gasteiger partial charge is 0.180 e. The van der Waals surface area contributed by atoms with E-state index < -0.39 is 0 Å². The number of fused-ring (bicyclic) bond motifs is 1. The maximum atomic E-state index is 9.73. The third kappa shape index (κ3) is 4.88. The summed E-state index contributed by atoms with van der Waals surface area (Å²) in [5, 5.41) is 10.8. The zero-order valence-electron chi connectivity index (χ0n) is 16.8. The second-order valence-corrected chi connectivity index (χ2v) is 8.13. The molecule has 154 valence electrons. The molecule has 0 aliphatic rings. The highest BCUT2D eigenvalue weighted by molar-refractivity contribution is 7.19. The van der Waals surface area contributed by atoms with Crippen LogP contribution >= 0.6 is 22.9 Å². The highest BCUT2D eigenvalue weighted by Crippen LogP contribution is 2.38. The van der Waals surface area contributed by atoms with Gasteiger partial charge < -0.3 is 9.47 Å². The zero-order chi connectivity index (χ0) is 21.6. The monoisotopic (exact) mass is 446 g/mol. The van der Waals surface area contributed by atoms with Crippen molar-refractivity contribution in [3.05, 3.63) is 87.9 Å². The van der Waals surface area contributed by atoms with E-state index in [1.165, 1.54) is 11.3 Å². The van der Waals surface area contributed by atoms with E-state index in [-0.39, 0.29) is 0 Å². The molecule has 0 atom stereocenters. The molecule has 0 saturated carbocycles. The summed E-state index contributed by atoms with van der Waals surface area (Å²) in [7, 11) is 0. The Kier molecular flexibility index (Phi) is 6.51. The molecule has 0 unspecified atom stereocenters. The molecule has 0 spiro atoms. The van der Waals surface area contributed by atoms with Crippen molar-refractivity contribution >= 4 is 44.8 Å². The second kappa shape index (κ2) is 9.65. The normalized spacial score (nSPS) is 11.3. The molecule has 0 radical (unpaired) electrons.